The van der Waals surface area contributed by atoms with Gasteiger partial charge < -0.3 is 21.7 Å². The van der Waals surface area contributed by atoms with E-state index in [0.717, 1.165) is 29.7 Å². The topological polar surface area (TPSA) is 122 Å². The van der Waals surface area contributed by atoms with Gasteiger partial charge in [0, 0.05) is 29.4 Å². The lowest BCUT2D eigenvalue weighted by Gasteiger charge is -2.11. The van der Waals surface area contributed by atoms with Crippen molar-refractivity contribution >= 4 is 34.8 Å². The van der Waals surface area contributed by atoms with Gasteiger partial charge in [0.15, 0.2) is 0 Å². The van der Waals surface area contributed by atoms with Crippen molar-refractivity contribution in [2.45, 2.75) is 26.3 Å². The highest BCUT2D eigenvalue weighted by Crippen LogP contribution is 2.28. The lowest BCUT2D eigenvalue weighted by Crippen LogP contribution is -2.24. The third-order valence-corrected chi connectivity index (χ3v) is 5.01. The van der Waals surface area contributed by atoms with E-state index in [9.17, 15) is 9.59 Å². The molecule has 8 heteroatoms. The van der Waals surface area contributed by atoms with E-state index < -0.39 is 0 Å². The number of benzene rings is 2. The Morgan fingerprint density at radius 1 is 1.06 bits per heavy atom. The summed E-state index contributed by atoms with van der Waals surface area (Å²) in [6, 6.07) is 12.9. The Bertz CT molecular complexity index is 1110. The van der Waals surface area contributed by atoms with E-state index in [4.69, 9.17) is 5.73 Å². The molecule has 2 aromatic carbocycles. The molecule has 0 bridgehead atoms. The molecule has 0 saturated heterocycles. The number of aryl methyl sites for hydroxylation is 1. The zero-order valence-corrected chi connectivity index (χ0v) is 17.2. The standard InChI is InChI=1S/C23H24N6O2/c1-14-5-6-15(11-25-21(30)16-7-8-16)9-20(14)22(31)28-19-12-26-23(27-13-19)29-18-4-2-3-17(24)10-18/h2-6,9-10,12-13,16H,7-8,11,24H2,1H3,(H,25,30)(H,28,31)(H,26,27,29). The van der Waals surface area contributed by atoms with Gasteiger partial charge in [-0.25, -0.2) is 9.97 Å². The molecule has 2 amide bonds. The largest absolute Gasteiger partial charge is 0.399 e. The van der Waals surface area contributed by atoms with Crippen LogP contribution in [0.25, 0.3) is 0 Å². The molecule has 0 spiro atoms. The van der Waals surface area contributed by atoms with Gasteiger partial charge >= 0.3 is 0 Å². The highest BCUT2D eigenvalue weighted by Gasteiger charge is 2.29. The minimum absolute atomic E-state index is 0.0793. The zero-order chi connectivity index (χ0) is 21.8. The second-order valence-corrected chi connectivity index (χ2v) is 7.64. The van der Waals surface area contributed by atoms with Crippen LogP contribution < -0.4 is 21.7 Å². The normalized spacial score (nSPS) is 12.8. The molecule has 4 rings (SSSR count). The van der Waals surface area contributed by atoms with Gasteiger partial charge in [0.2, 0.25) is 11.9 Å². The van der Waals surface area contributed by atoms with Crippen molar-refractivity contribution in [3.05, 3.63) is 71.5 Å². The number of carbonyl (C=O) groups excluding carboxylic acids is 2. The number of nitrogens with two attached hydrogens (primary N) is 1. The van der Waals surface area contributed by atoms with Crippen LogP contribution in [0.15, 0.2) is 54.9 Å². The maximum Gasteiger partial charge on any atom is 0.256 e. The molecule has 1 aromatic heterocycles. The summed E-state index contributed by atoms with van der Waals surface area (Å²) in [6.45, 7) is 2.28. The third kappa shape index (κ3) is 5.36. The number of hydrogen-bond donors (Lipinski definition) is 4. The molecule has 1 aliphatic rings. The number of carbonyl (C=O) groups is 2. The molecule has 0 aliphatic heterocycles. The lowest BCUT2D eigenvalue weighted by atomic mass is 10.0. The Morgan fingerprint density at radius 2 is 1.84 bits per heavy atom. The first kappa shape index (κ1) is 20.3. The van der Waals surface area contributed by atoms with Crippen LogP contribution in [0.3, 0.4) is 0 Å². The van der Waals surface area contributed by atoms with E-state index in [1.165, 1.54) is 12.4 Å². The summed E-state index contributed by atoms with van der Waals surface area (Å²) in [5.41, 5.74) is 9.93. The van der Waals surface area contributed by atoms with Gasteiger partial charge in [-0.3, -0.25) is 9.59 Å². The van der Waals surface area contributed by atoms with Crippen molar-refractivity contribution in [2.24, 2.45) is 5.92 Å². The molecule has 5 N–H and O–H groups in total. The molecule has 1 aliphatic carbocycles. The fourth-order valence-corrected chi connectivity index (χ4v) is 3.10. The average Bonchev–Trinajstić information content (AvgIpc) is 3.60. The van der Waals surface area contributed by atoms with Gasteiger partial charge in [0.05, 0.1) is 18.1 Å². The molecule has 1 heterocycles. The Labute approximate surface area is 180 Å². The molecule has 0 unspecified atom stereocenters. The number of nitrogens with one attached hydrogen (secondary N) is 3. The summed E-state index contributed by atoms with van der Waals surface area (Å²) in [5.74, 6) is 0.377. The highest BCUT2D eigenvalue weighted by atomic mass is 16.2. The number of aromatic nitrogens is 2. The van der Waals surface area contributed by atoms with Crippen LogP contribution in [0, 0.1) is 12.8 Å². The van der Waals surface area contributed by atoms with Gasteiger partial charge in [-0.15, -0.1) is 0 Å². The Morgan fingerprint density at radius 3 is 2.55 bits per heavy atom. The molecule has 0 atom stereocenters. The van der Waals surface area contributed by atoms with Crippen LogP contribution in [-0.4, -0.2) is 21.8 Å². The number of hydrogen-bond acceptors (Lipinski definition) is 6. The van der Waals surface area contributed by atoms with E-state index in [1.54, 1.807) is 18.2 Å². The van der Waals surface area contributed by atoms with Crippen molar-refractivity contribution in [3.8, 4) is 0 Å². The van der Waals surface area contributed by atoms with Crippen molar-refractivity contribution < 1.29 is 9.59 Å². The maximum atomic E-state index is 12.8. The predicted octanol–water partition coefficient (Wildman–Crippen LogP) is 3.39. The monoisotopic (exact) mass is 416 g/mol. The fourth-order valence-electron chi connectivity index (χ4n) is 3.10. The van der Waals surface area contributed by atoms with E-state index in [2.05, 4.69) is 25.9 Å². The van der Waals surface area contributed by atoms with Crippen molar-refractivity contribution in [1.82, 2.24) is 15.3 Å². The van der Waals surface area contributed by atoms with E-state index >= 15 is 0 Å². The first-order chi connectivity index (χ1) is 15.0. The number of nitrogen functional groups attached to an aromatic ring is 1. The van der Waals surface area contributed by atoms with Crippen LogP contribution in [0.5, 0.6) is 0 Å². The second kappa shape index (κ2) is 8.83. The van der Waals surface area contributed by atoms with Crippen LogP contribution >= 0.6 is 0 Å². The summed E-state index contributed by atoms with van der Waals surface area (Å²) < 4.78 is 0. The summed E-state index contributed by atoms with van der Waals surface area (Å²) in [5, 5.41) is 8.80. The average molecular weight is 416 g/mol. The van der Waals surface area contributed by atoms with Crippen molar-refractivity contribution in [3.63, 3.8) is 0 Å². The quantitative estimate of drug-likeness (QED) is 0.438. The molecule has 0 radical (unpaired) electrons. The van der Waals surface area contributed by atoms with Gasteiger partial charge in [-0.1, -0.05) is 18.2 Å². The van der Waals surface area contributed by atoms with Crippen LogP contribution in [0.2, 0.25) is 0 Å². The fraction of sp³-hybridized carbons (Fsp3) is 0.217. The SMILES string of the molecule is Cc1ccc(CNC(=O)C2CC2)cc1C(=O)Nc1cnc(Nc2cccc(N)c2)nc1. The smallest absolute Gasteiger partial charge is 0.256 e. The molecule has 31 heavy (non-hydrogen) atoms. The van der Waals surface area contributed by atoms with Gasteiger partial charge in [-0.2, -0.15) is 0 Å². The summed E-state index contributed by atoms with van der Waals surface area (Å²) in [7, 11) is 0. The highest BCUT2D eigenvalue weighted by molar-refractivity contribution is 6.05. The molecule has 1 fully saturated rings. The first-order valence-corrected chi connectivity index (χ1v) is 10.1. The zero-order valence-electron chi connectivity index (χ0n) is 17.2. The van der Waals surface area contributed by atoms with Crippen LogP contribution in [-0.2, 0) is 11.3 Å². The minimum atomic E-state index is -0.256. The molecule has 3 aromatic rings. The maximum absolute atomic E-state index is 12.8. The lowest BCUT2D eigenvalue weighted by molar-refractivity contribution is -0.122. The number of rotatable bonds is 7. The molecular weight excluding hydrogens is 392 g/mol. The van der Waals surface area contributed by atoms with Crippen LogP contribution in [0.4, 0.5) is 23.0 Å². The molecule has 1 saturated carbocycles. The third-order valence-electron chi connectivity index (χ3n) is 5.01. The Kier molecular flexibility index (Phi) is 5.79. The van der Waals surface area contributed by atoms with Gasteiger partial charge in [-0.05, 0) is 55.2 Å². The number of nitrogens with zero attached hydrogens (tertiary/aromatic N) is 2. The van der Waals surface area contributed by atoms with E-state index in [1.807, 2.05) is 31.2 Å². The Hall–Kier alpha value is -3.94. The van der Waals surface area contributed by atoms with Crippen molar-refractivity contribution in [2.75, 3.05) is 16.4 Å². The Balaban J connectivity index is 1.39. The summed E-state index contributed by atoms with van der Waals surface area (Å²) in [4.78, 5) is 33.1. The number of anilines is 4. The predicted molar refractivity (Wildman–Crippen MR) is 120 cm³/mol. The molecule has 158 valence electrons. The van der Waals surface area contributed by atoms with Crippen LogP contribution in [0.1, 0.15) is 34.3 Å². The molecular formula is C23H24N6O2. The summed E-state index contributed by atoms with van der Waals surface area (Å²) >= 11 is 0. The van der Waals surface area contributed by atoms with E-state index in [-0.39, 0.29) is 17.7 Å². The van der Waals surface area contributed by atoms with Gasteiger partial charge in [0.25, 0.3) is 5.91 Å². The molecule has 8 nitrogen and oxygen atoms in total. The second-order valence-electron chi connectivity index (χ2n) is 7.64. The summed E-state index contributed by atoms with van der Waals surface area (Å²) in [6.07, 6.45) is 5.00. The van der Waals surface area contributed by atoms with Crippen molar-refractivity contribution in [1.29, 1.82) is 0 Å². The van der Waals surface area contributed by atoms with E-state index in [0.29, 0.717) is 29.4 Å². The number of amides is 2. The van der Waals surface area contributed by atoms with Gasteiger partial charge in [0.1, 0.15) is 0 Å². The minimum Gasteiger partial charge on any atom is -0.399 e. The first-order valence-electron chi connectivity index (χ1n) is 10.1.